The molecule has 1 N–H and O–H groups in total. The molecule has 9 heteroatoms. The number of carboxylic acid groups (broad SMARTS) is 1. The Hall–Kier alpha value is -4.03. The molecule has 0 aliphatic carbocycles. The molecule has 2 atom stereocenters. The van der Waals surface area contributed by atoms with Crippen molar-refractivity contribution in [3.05, 3.63) is 98.2 Å². The van der Waals surface area contributed by atoms with E-state index < -0.39 is 18.1 Å². The zero-order chi connectivity index (χ0) is 21.7. The summed E-state index contributed by atoms with van der Waals surface area (Å²) in [6.45, 7) is 0. The summed E-state index contributed by atoms with van der Waals surface area (Å²) in [7, 11) is 3.54. The van der Waals surface area contributed by atoms with Gasteiger partial charge >= 0.3 is 5.97 Å². The SMILES string of the molecule is CN(C)C(N=[N+]=[N-])C(c1cc(C(=O)O)ccc1N=[N+]=[N-])c1cccc2ccccc12. The molecule has 9 nitrogen and oxygen atoms in total. The van der Waals surface area contributed by atoms with Crippen LogP contribution in [0.4, 0.5) is 5.69 Å². The van der Waals surface area contributed by atoms with Crippen LogP contribution in [0.3, 0.4) is 0 Å². The maximum Gasteiger partial charge on any atom is 0.335 e. The number of hydrogen-bond acceptors (Lipinski definition) is 4. The predicted octanol–water partition coefficient (Wildman–Crippen LogP) is 5.81. The van der Waals surface area contributed by atoms with E-state index >= 15 is 0 Å². The minimum absolute atomic E-state index is 0.0468. The molecule has 0 bridgehead atoms. The van der Waals surface area contributed by atoms with Crippen LogP contribution in [-0.4, -0.2) is 36.2 Å². The summed E-state index contributed by atoms with van der Waals surface area (Å²) in [6.07, 6.45) is -0.697. The molecule has 0 fully saturated rings. The molecule has 0 saturated carbocycles. The Morgan fingerprint density at radius 2 is 1.73 bits per heavy atom. The predicted molar refractivity (Wildman–Crippen MR) is 115 cm³/mol. The van der Waals surface area contributed by atoms with Gasteiger partial charge in [0.1, 0.15) is 0 Å². The van der Waals surface area contributed by atoms with E-state index in [1.807, 2.05) is 42.5 Å². The molecule has 0 aliphatic heterocycles. The average molecular weight is 401 g/mol. The van der Waals surface area contributed by atoms with E-state index in [1.165, 1.54) is 18.2 Å². The third kappa shape index (κ3) is 4.04. The lowest BCUT2D eigenvalue weighted by Gasteiger charge is -2.31. The lowest BCUT2D eigenvalue weighted by atomic mass is 9.84. The molecule has 0 spiro atoms. The van der Waals surface area contributed by atoms with Crippen molar-refractivity contribution in [2.24, 2.45) is 10.2 Å². The fourth-order valence-corrected chi connectivity index (χ4v) is 3.61. The monoisotopic (exact) mass is 401 g/mol. The summed E-state index contributed by atoms with van der Waals surface area (Å²) in [6, 6.07) is 17.8. The van der Waals surface area contributed by atoms with Crippen LogP contribution in [0.1, 0.15) is 27.4 Å². The smallest absolute Gasteiger partial charge is 0.335 e. The fraction of sp³-hybridized carbons (Fsp3) is 0.190. The molecular weight excluding hydrogens is 382 g/mol. The molecule has 0 amide bonds. The molecule has 3 aromatic carbocycles. The highest BCUT2D eigenvalue weighted by molar-refractivity contribution is 5.89. The van der Waals surface area contributed by atoms with Gasteiger partial charge in [-0.25, -0.2) is 4.79 Å². The van der Waals surface area contributed by atoms with Gasteiger partial charge in [-0.05, 0) is 59.2 Å². The maximum atomic E-state index is 11.6. The Labute approximate surface area is 172 Å². The van der Waals surface area contributed by atoms with Crippen molar-refractivity contribution in [1.29, 1.82) is 0 Å². The highest BCUT2D eigenvalue weighted by atomic mass is 16.4. The number of aromatic carboxylic acids is 1. The molecule has 3 rings (SSSR count). The molecule has 30 heavy (non-hydrogen) atoms. The van der Waals surface area contributed by atoms with Crippen LogP contribution < -0.4 is 0 Å². The molecule has 150 valence electrons. The summed E-state index contributed by atoms with van der Waals surface area (Å²) in [5.41, 5.74) is 19.9. The van der Waals surface area contributed by atoms with Gasteiger partial charge in [-0.15, -0.1) is 0 Å². The van der Waals surface area contributed by atoms with Crippen molar-refractivity contribution in [2.75, 3.05) is 14.1 Å². The number of benzene rings is 3. The Kier molecular flexibility index (Phi) is 6.20. The van der Waals surface area contributed by atoms with Crippen molar-refractivity contribution < 1.29 is 9.90 Å². The first-order valence-corrected chi connectivity index (χ1v) is 9.08. The van der Waals surface area contributed by atoms with E-state index in [0.29, 0.717) is 5.56 Å². The second-order valence-electron chi connectivity index (χ2n) is 6.90. The largest absolute Gasteiger partial charge is 0.478 e. The fourth-order valence-electron chi connectivity index (χ4n) is 3.61. The van der Waals surface area contributed by atoms with Crippen molar-refractivity contribution in [3.8, 4) is 0 Å². The van der Waals surface area contributed by atoms with Crippen molar-refractivity contribution >= 4 is 22.4 Å². The van der Waals surface area contributed by atoms with Crippen LogP contribution >= 0.6 is 0 Å². The number of fused-ring (bicyclic) bond motifs is 1. The summed E-state index contributed by atoms with van der Waals surface area (Å²) < 4.78 is 0. The first kappa shape index (κ1) is 20.7. The van der Waals surface area contributed by atoms with E-state index in [4.69, 9.17) is 5.53 Å². The zero-order valence-electron chi connectivity index (χ0n) is 16.4. The van der Waals surface area contributed by atoms with Crippen molar-refractivity contribution in [2.45, 2.75) is 12.1 Å². The molecule has 2 unspecified atom stereocenters. The van der Waals surface area contributed by atoms with Crippen LogP contribution in [-0.2, 0) is 0 Å². The number of likely N-dealkylation sites (N-methyl/N-ethyl adjacent to an activating group) is 1. The number of carbonyl (C=O) groups is 1. The topological polar surface area (TPSA) is 138 Å². The third-order valence-corrected chi connectivity index (χ3v) is 4.92. The lowest BCUT2D eigenvalue weighted by molar-refractivity contribution is 0.0696. The first-order valence-electron chi connectivity index (χ1n) is 9.08. The van der Waals surface area contributed by atoms with Crippen molar-refractivity contribution in [3.63, 3.8) is 0 Å². The molecule has 0 aliphatic rings. The van der Waals surface area contributed by atoms with Gasteiger partial charge < -0.3 is 10.0 Å². The van der Waals surface area contributed by atoms with E-state index in [9.17, 15) is 15.4 Å². The van der Waals surface area contributed by atoms with Gasteiger partial charge in [0, 0.05) is 21.4 Å². The Morgan fingerprint density at radius 1 is 1.00 bits per heavy atom. The van der Waals surface area contributed by atoms with Crippen LogP contribution in [0.5, 0.6) is 0 Å². The van der Waals surface area contributed by atoms with Crippen LogP contribution in [0.2, 0.25) is 0 Å². The van der Waals surface area contributed by atoms with Gasteiger partial charge in [-0.1, -0.05) is 58.8 Å². The van der Waals surface area contributed by atoms with Gasteiger partial charge in [-0.2, -0.15) is 0 Å². The number of azide groups is 2. The summed E-state index contributed by atoms with van der Waals surface area (Å²) in [5, 5.41) is 19.2. The third-order valence-electron chi connectivity index (χ3n) is 4.92. The maximum absolute atomic E-state index is 11.6. The van der Waals surface area contributed by atoms with Gasteiger partial charge in [0.25, 0.3) is 0 Å². The normalized spacial score (nSPS) is 12.6. The Morgan fingerprint density at radius 3 is 2.40 bits per heavy atom. The highest BCUT2D eigenvalue weighted by Crippen LogP contribution is 2.40. The van der Waals surface area contributed by atoms with Gasteiger partial charge in [0.15, 0.2) is 0 Å². The van der Waals surface area contributed by atoms with Gasteiger partial charge in [0.05, 0.1) is 11.7 Å². The molecular formula is C21H19N7O2. The van der Waals surface area contributed by atoms with Gasteiger partial charge in [-0.3, -0.25) is 0 Å². The van der Waals surface area contributed by atoms with Crippen molar-refractivity contribution in [1.82, 2.24) is 4.90 Å². The average Bonchev–Trinajstić information content (AvgIpc) is 2.74. The number of rotatable bonds is 7. The van der Waals surface area contributed by atoms with E-state index in [0.717, 1.165) is 16.3 Å². The van der Waals surface area contributed by atoms with Crippen LogP contribution in [0, 0.1) is 0 Å². The first-order chi connectivity index (χ1) is 14.5. The van der Waals surface area contributed by atoms with Gasteiger partial charge in [0.2, 0.25) is 0 Å². The standard InChI is InChI=1S/C21H19N7O2/c1-28(2)20(25-27-23)19(16-9-5-7-13-6-3-4-8-15(13)16)17-12-14(21(29)30)10-11-18(17)24-26-22/h3-12,19-20H,1-2H3,(H,29,30). The number of hydrogen-bond donors (Lipinski definition) is 1. The van der Waals surface area contributed by atoms with E-state index in [1.54, 1.807) is 19.0 Å². The minimum Gasteiger partial charge on any atom is -0.478 e. The van der Waals surface area contributed by atoms with Crippen LogP contribution in [0.25, 0.3) is 31.7 Å². The quantitative estimate of drug-likeness (QED) is 0.303. The second-order valence-corrected chi connectivity index (χ2v) is 6.90. The van der Waals surface area contributed by atoms with E-state index in [-0.39, 0.29) is 11.3 Å². The second kappa shape index (κ2) is 8.98. The molecule has 0 radical (unpaired) electrons. The van der Waals surface area contributed by atoms with E-state index in [2.05, 4.69) is 20.1 Å². The number of carboxylic acids is 1. The summed E-state index contributed by atoms with van der Waals surface area (Å²) in [5.74, 6) is -1.69. The Balaban J connectivity index is 2.41. The minimum atomic E-state index is -1.11. The summed E-state index contributed by atoms with van der Waals surface area (Å²) >= 11 is 0. The molecule has 3 aromatic rings. The lowest BCUT2D eigenvalue weighted by Crippen LogP contribution is -2.33. The molecule has 0 aromatic heterocycles. The Bertz CT molecular complexity index is 1190. The molecule has 0 saturated heterocycles. The highest BCUT2D eigenvalue weighted by Gasteiger charge is 2.30. The molecule has 0 heterocycles. The zero-order valence-corrected chi connectivity index (χ0v) is 16.4. The number of nitrogens with zero attached hydrogens (tertiary/aromatic N) is 7. The van der Waals surface area contributed by atoms with Crippen LogP contribution in [0.15, 0.2) is 70.9 Å². The summed E-state index contributed by atoms with van der Waals surface area (Å²) in [4.78, 5) is 19.3.